The molecule has 30 heavy (non-hydrogen) atoms. The molecule has 1 heterocycles. The van der Waals surface area contributed by atoms with E-state index in [-0.39, 0.29) is 19.0 Å². The van der Waals surface area contributed by atoms with Crippen LogP contribution in [0.3, 0.4) is 0 Å². The van der Waals surface area contributed by atoms with E-state index in [0.717, 1.165) is 21.6 Å². The summed E-state index contributed by atoms with van der Waals surface area (Å²) in [5.74, 6) is -1.39. The quantitative estimate of drug-likeness (QED) is 0.715. The van der Waals surface area contributed by atoms with E-state index >= 15 is 0 Å². The highest BCUT2D eigenvalue weighted by molar-refractivity contribution is 6.09. The van der Waals surface area contributed by atoms with Gasteiger partial charge in [-0.05, 0) is 61.6 Å². The molecule has 2 atom stereocenters. The Morgan fingerprint density at radius 3 is 2.40 bits per heavy atom. The Labute approximate surface area is 175 Å². The monoisotopic (exact) mass is 411 g/mol. The zero-order valence-corrected chi connectivity index (χ0v) is 17.6. The van der Waals surface area contributed by atoms with Crippen LogP contribution in [-0.2, 0) is 15.1 Å². The Hall–Kier alpha value is -3.22. The number of nitrogens with zero attached hydrogens (tertiary/aromatic N) is 1. The Balaban J connectivity index is 1.73. The van der Waals surface area contributed by atoms with Gasteiger partial charge in [0.25, 0.3) is 5.91 Å². The summed E-state index contributed by atoms with van der Waals surface area (Å²) in [5, 5.41) is 5.53. The predicted octanol–water partition coefficient (Wildman–Crippen LogP) is 3.48. The maximum absolute atomic E-state index is 13.3. The van der Waals surface area contributed by atoms with Crippen molar-refractivity contribution < 1.29 is 18.8 Å². The topological polar surface area (TPSA) is 78.5 Å². The highest BCUT2D eigenvalue weighted by Crippen LogP contribution is 2.32. The molecule has 0 spiro atoms. The molecule has 0 aromatic heterocycles. The van der Waals surface area contributed by atoms with Crippen molar-refractivity contribution in [1.82, 2.24) is 15.5 Å². The van der Waals surface area contributed by atoms with Crippen LogP contribution in [0.5, 0.6) is 0 Å². The molecule has 2 N–H and O–H groups in total. The van der Waals surface area contributed by atoms with Crippen LogP contribution in [0.2, 0.25) is 0 Å². The van der Waals surface area contributed by atoms with E-state index in [0.29, 0.717) is 5.56 Å². The third-order valence-electron chi connectivity index (χ3n) is 5.75. The molecule has 2 unspecified atom stereocenters. The van der Waals surface area contributed by atoms with Crippen molar-refractivity contribution in [3.05, 3.63) is 70.5 Å². The zero-order valence-electron chi connectivity index (χ0n) is 17.6. The highest BCUT2D eigenvalue weighted by atomic mass is 19.1. The molecule has 2 aromatic rings. The average molecular weight is 411 g/mol. The van der Waals surface area contributed by atoms with E-state index in [2.05, 4.69) is 10.6 Å². The average Bonchev–Trinajstić information content (AvgIpc) is 2.95. The van der Waals surface area contributed by atoms with Crippen LogP contribution in [0, 0.1) is 19.7 Å². The van der Waals surface area contributed by atoms with Gasteiger partial charge in [-0.1, -0.05) is 37.3 Å². The number of urea groups is 1. The number of nitrogens with one attached hydrogen (secondary N) is 2. The van der Waals surface area contributed by atoms with Crippen LogP contribution in [0.1, 0.15) is 48.6 Å². The first-order chi connectivity index (χ1) is 14.2. The number of hydrogen-bond acceptors (Lipinski definition) is 3. The van der Waals surface area contributed by atoms with Crippen LogP contribution in [-0.4, -0.2) is 29.3 Å². The van der Waals surface area contributed by atoms with Gasteiger partial charge in [0, 0.05) is 0 Å². The van der Waals surface area contributed by atoms with E-state index in [1.54, 1.807) is 6.92 Å². The minimum Gasteiger partial charge on any atom is -0.348 e. The standard InChI is InChI=1S/C23H26FN3O3/c1-5-23(18-8-10-19(24)11-9-18)21(29)27(22(30)26-23)13-20(28)25-16(4)17-7-6-14(2)15(3)12-17/h6-12,16H,5,13H2,1-4H3,(H,25,28)(H,26,30). The van der Waals surface area contributed by atoms with Gasteiger partial charge in [-0.25, -0.2) is 9.18 Å². The predicted molar refractivity (Wildman–Crippen MR) is 111 cm³/mol. The Morgan fingerprint density at radius 2 is 1.80 bits per heavy atom. The van der Waals surface area contributed by atoms with Crippen LogP contribution in [0.4, 0.5) is 9.18 Å². The fraction of sp³-hybridized carbons (Fsp3) is 0.348. The molecular formula is C23H26FN3O3. The van der Waals surface area contributed by atoms with Crippen molar-refractivity contribution >= 4 is 17.8 Å². The first-order valence-electron chi connectivity index (χ1n) is 9.94. The van der Waals surface area contributed by atoms with Crippen molar-refractivity contribution in [2.45, 2.75) is 45.7 Å². The summed E-state index contributed by atoms with van der Waals surface area (Å²) in [5.41, 5.74) is 2.40. The van der Waals surface area contributed by atoms with Gasteiger partial charge in [0.1, 0.15) is 17.9 Å². The van der Waals surface area contributed by atoms with E-state index in [4.69, 9.17) is 0 Å². The molecule has 0 saturated carbocycles. The smallest absolute Gasteiger partial charge is 0.325 e. The number of carbonyl (C=O) groups excluding carboxylic acids is 3. The van der Waals surface area contributed by atoms with Crippen molar-refractivity contribution in [1.29, 1.82) is 0 Å². The Kier molecular flexibility index (Phi) is 5.92. The second-order valence-corrected chi connectivity index (χ2v) is 7.72. The molecule has 0 radical (unpaired) electrons. The molecule has 0 bridgehead atoms. The molecule has 1 fully saturated rings. The highest BCUT2D eigenvalue weighted by Gasteiger charge is 2.51. The molecule has 3 rings (SSSR count). The van der Waals surface area contributed by atoms with Gasteiger partial charge < -0.3 is 10.6 Å². The number of benzene rings is 2. The lowest BCUT2D eigenvalue weighted by Gasteiger charge is -2.25. The second kappa shape index (κ2) is 8.26. The molecule has 6 nitrogen and oxygen atoms in total. The number of carbonyl (C=O) groups is 3. The van der Waals surface area contributed by atoms with Gasteiger partial charge in [-0.3, -0.25) is 14.5 Å². The third-order valence-corrected chi connectivity index (χ3v) is 5.75. The molecule has 0 aliphatic carbocycles. The molecule has 1 saturated heterocycles. The number of rotatable bonds is 6. The minimum atomic E-state index is -1.30. The van der Waals surface area contributed by atoms with E-state index < -0.39 is 29.2 Å². The SMILES string of the molecule is CCC1(c2ccc(F)cc2)NC(=O)N(CC(=O)NC(C)c2ccc(C)c(C)c2)C1=O. The third kappa shape index (κ3) is 3.92. The molecule has 2 aromatic carbocycles. The summed E-state index contributed by atoms with van der Waals surface area (Å²) < 4.78 is 13.3. The van der Waals surface area contributed by atoms with Crippen molar-refractivity contribution in [2.75, 3.05) is 6.54 Å². The van der Waals surface area contributed by atoms with Gasteiger partial charge in [0.2, 0.25) is 5.91 Å². The number of imide groups is 1. The summed E-state index contributed by atoms with van der Waals surface area (Å²) in [6.45, 7) is 7.24. The van der Waals surface area contributed by atoms with Crippen molar-refractivity contribution in [2.24, 2.45) is 0 Å². The lowest BCUT2D eigenvalue weighted by molar-refractivity contribution is -0.135. The Morgan fingerprint density at radius 1 is 1.13 bits per heavy atom. The molecule has 1 aliphatic rings. The van der Waals surface area contributed by atoms with E-state index in [9.17, 15) is 18.8 Å². The van der Waals surface area contributed by atoms with Crippen LogP contribution >= 0.6 is 0 Å². The summed E-state index contributed by atoms with van der Waals surface area (Å²) in [6.07, 6.45) is 0.278. The summed E-state index contributed by atoms with van der Waals surface area (Å²) in [4.78, 5) is 39.1. The second-order valence-electron chi connectivity index (χ2n) is 7.72. The van der Waals surface area contributed by atoms with Crippen LogP contribution in [0.25, 0.3) is 0 Å². The van der Waals surface area contributed by atoms with Crippen molar-refractivity contribution in [3.63, 3.8) is 0 Å². The molecule has 158 valence electrons. The van der Waals surface area contributed by atoms with Crippen LogP contribution in [0.15, 0.2) is 42.5 Å². The van der Waals surface area contributed by atoms with Gasteiger partial charge in [-0.2, -0.15) is 0 Å². The molecular weight excluding hydrogens is 385 g/mol. The van der Waals surface area contributed by atoms with Crippen LogP contribution < -0.4 is 10.6 Å². The maximum Gasteiger partial charge on any atom is 0.325 e. The van der Waals surface area contributed by atoms with Crippen molar-refractivity contribution in [3.8, 4) is 0 Å². The minimum absolute atomic E-state index is 0.273. The lowest BCUT2D eigenvalue weighted by atomic mass is 9.87. The number of halogens is 1. The molecule has 4 amide bonds. The van der Waals surface area contributed by atoms with Gasteiger partial charge in [0.05, 0.1) is 6.04 Å². The normalized spacial score (nSPS) is 19.6. The summed E-state index contributed by atoms with van der Waals surface area (Å²) in [6, 6.07) is 10.5. The van der Waals surface area contributed by atoms with Gasteiger partial charge in [0.15, 0.2) is 0 Å². The van der Waals surface area contributed by atoms with Gasteiger partial charge in [-0.15, -0.1) is 0 Å². The number of aryl methyl sites for hydroxylation is 2. The largest absolute Gasteiger partial charge is 0.348 e. The van der Waals surface area contributed by atoms with E-state index in [1.807, 2.05) is 39.0 Å². The molecule has 1 aliphatic heterocycles. The van der Waals surface area contributed by atoms with E-state index in [1.165, 1.54) is 24.3 Å². The fourth-order valence-electron chi connectivity index (χ4n) is 3.69. The molecule has 7 heteroatoms. The maximum atomic E-state index is 13.3. The Bertz CT molecular complexity index is 990. The fourth-order valence-corrected chi connectivity index (χ4v) is 3.69. The first kappa shape index (κ1) is 21.5. The number of amides is 4. The van der Waals surface area contributed by atoms with Gasteiger partial charge >= 0.3 is 6.03 Å². The first-order valence-corrected chi connectivity index (χ1v) is 9.94. The lowest BCUT2D eigenvalue weighted by Crippen LogP contribution is -2.45. The summed E-state index contributed by atoms with van der Waals surface area (Å²) >= 11 is 0. The zero-order chi connectivity index (χ0) is 22.1. The summed E-state index contributed by atoms with van der Waals surface area (Å²) in [7, 11) is 0. The number of hydrogen-bond donors (Lipinski definition) is 2.